The molecule has 1 aliphatic heterocycles. The summed E-state index contributed by atoms with van der Waals surface area (Å²) in [6.07, 6.45) is 22.8. The number of aliphatic hydroxyl groups excluding tert-OH is 1. The van der Waals surface area contributed by atoms with E-state index in [0.29, 0.717) is 42.9 Å². The molecule has 12 atom stereocenters. The topological polar surface area (TPSA) is 113 Å². The second kappa shape index (κ2) is 16.5. The highest BCUT2D eigenvalue weighted by atomic mass is 16.5. The predicted molar refractivity (Wildman–Crippen MR) is 224 cm³/mol. The summed E-state index contributed by atoms with van der Waals surface area (Å²) >= 11 is 0. The summed E-state index contributed by atoms with van der Waals surface area (Å²) in [6, 6.07) is 10.6. The molecule has 3 N–H and O–H groups in total. The Morgan fingerprint density at radius 2 is 1.74 bits per heavy atom. The molecule has 6 aliphatic rings. The highest BCUT2D eigenvalue weighted by Gasteiger charge is 2.82. The molecule has 1 aromatic carbocycles. The van der Waals surface area contributed by atoms with Crippen molar-refractivity contribution in [1.29, 1.82) is 0 Å². The number of ether oxygens (including phenoxy) is 2. The molecule has 0 radical (unpaired) electrons. The number of carbonyl (C=O) groups excluding carboxylic acids is 2. The molecule has 57 heavy (non-hydrogen) atoms. The van der Waals surface area contributed by atoms with Crippen LogP contribution in [0.4, 0.5) is 0 Å². The number of benzene rings is 1. The third kappa shape index (κ3) is 7.40. The maximum Gasteiger partial charge on any atom is 0.331 e. The van der Waals surface area contributed by atoms with Crippen LogP contribution in [0.1, 0.15) is 162 Å². The zero-order chi connectivity index (χ0) is 40.7. The first-order chi connectivity index (χ1) is 27.2. The van der Waals surface area contributed by atoms with Crippen LogP contribution >= 0.6 is 0 Å². The van der Waals surface area contributed by atoms with Crippen LogP contribution in [0.25, 0.3) is 0 Å². The van der Waals surface area contributed by atoms with Crippen molar-refractivity contribution in [3.8, 4) is 0 Å². The quantitative estimate of drug-likeness (QED) is 0.0869. The first-order valence-electron chi connectivity index (χ1n) is 23.1. The first kappa shape index (κ1) is 42.6. The Morgan fingerprint density at radius 3 is 2.46 bits per heavy atom. The molecular weight excluding hydrogens is 713 g/mol. The maximum absolute atomic E-state index is 14.0. The van der Waals surface area contributed by atoms with Gasteiger partial charge in [-0.25, -0.2) is 4.79 Å². The van der Waals surface area contributed by atoms with Gasteiger partial charge >= 0.3 is 11.9 Å². The Morgan fingerprint density at radius 1 is 0.947 bits per heavy atom. The lowest BCUT2D eigenvalue weighted by atomic mass is 9.31. The van der Waals surface area contributed by atoms with Gasteiger partial charge in [-0.15, -0.1) is 0 Å². The number of esters is 2. The van der Waals surface area contributed by atoms with Crippen LogP contribution in [0.3, 0.4) is 0 Å². The van der Waals surface area contributed by atoms with E-state index < -0.39 is 45.6 Å². The summed E-state index contributed by atoms with van der Waals surface area (Å²) in [7, 11) is 0. The summed E-state index contributed by atoms with van der Waals surface area (Å²) in [4.78, 5) is 25.4. The lowest BCUT2D eigenvalue weighted by molar-refractivity contribution is -0.361. The van der Waals surface area contributed by atoms with Gasteiger partial charge in [0.2, 0.25) is 0 Å². The number of aryl methyl sites for hydroxylation is 1. The molecule has 0 amide bonds. The van der Waals surface area contributed by atoms with Crippen molar-refractivity contribution in [3.63, 3.8) is 0 Å². The fraction of sp³-hybridized carbons (Fsp3) is 0.760. The first-order valence-corrected chi connectivity index (χ1v) is 23.1. The van der Waals surface area contributed by atoms with Crippen LogP contribution < -0.4 is 0 Å². The van der Waals surface area contributed by atoms with E-state index in [4.69, 9.17) is 9.47 Å². The van der Waals surface area contributed by atoms with Gasteiger partial charge < -0.3 is 24.8 Å². The normalized spacial score (nSPS) is 41.5. The van der Waals surface area contributed by atoms with Crippen molar-refractivity contribution in [2.24, 2.45) is 45.3 Å². The molecule has 1 heterocycles. The number of aliphatic hydroxyl groups is 3. The molecule has 316 valence electrons. The summed E-state index contributed by atoms with van der Waals surface area (Å²) in [6.45, 7) is 10.6. The molecule has 7 rings (SSSR count). The summed E-state index contributed by atoms with van der Waals surface area (Å²) < 4.78 is 11.8. The number of hydrogen-bond acceptors (Lipinski definition) is 7. The van der Waals surface area contributed by atoms with Gasteiger partial charge in [0.1, 0.15) is 12.7 Å². The fourth-order valence-electron chi connectivity index (χ4n) is 14.6. The molecule has 5 aliphatic carbocycles. The van der Waals surface area contributed by atoms with Gasteiger partial charge in [0.15, 0.2) is 0 Å². The Bertz CT molecular complexity index is 1650. The Kier molecular flexibility index (Phi) is 12.4. The van der Waals surface area contributed by atoms with E-state index in [1.165, 1.54) is 69.9 Å². The summed E-state index contributed by atoms with van der Waals surface area (Å²) in [5.74, 6) is 0.173. The Balaban J connectivity index is 1.28. The van der Waals surface area contributed by atoms with Crippen molar-refractivity contribution in [2.75, 3.05) is 6.61 Å². The number of carbonyl (C=O) groups is 2. The van der Waals surface area contributed by atoms with Crippen molar-refractivity contribution < 1.29 is 34.4 Å². The van der Waals surface area contributed by atoms with Gasteiger partial charge in [-0.2, -0.15) is 0 Å². The minimum atomic E-state index is -1.57. The molecule has 7 nitrogen and oxygen atoms in total. The average Bonchev–Trinajstić information content (AvgIpc) is 3.92. The highest BCUT2D eigenvalue weighted by Crippen LogP contribution is 2.76. The van der Waals surface area contributed by atoms with Crippen LogP contribution in [0.5, 0.6) is 0 Å². The number of unbranched alkanes of at least 4 members (excludes halogenated alkanes) is 2. The lowest BCUT2D eigenvalue weighted by Crippen LogP contribution is -2.83. The van der Waals surface area contributed by atoms with Crippen LogP contribution in [-0.4, -0.2) is 57.3 Å². The van der Waals surface area contributed by atoms with E-state index in [0.717, 1.165) is 56.4 Å². The maximum atomic E-state index is 14.0. The smallest absolute Gasteiger partial charge is 0.331 e. The van der Waals surface area contributed by atoms with Crippen LogP contribution in [0.15, 0.2) is 54.1 Å². The van der Waals surface area contributed by atoms with Crippen LogP contribution in [0.2, 0.25) is 0 Å². The van der Waals surface area contributed by atoms with Gasteiger partial charge in [-0.05, 0) is 136 Å². The van der Waals surface area contributed by atoms with E-state index in [1.807, 2.05) is 25.1 Å². The van der Waals surface area contributed by atoms with Gasteiger partial charge in [0.05, 0.1) is 22.7 Å². The number of fused-ring (bicyclic) bond motifs is 1. The minimum absolute atomic E-state index is 0.197. The molecule has 7 heteroatoms. The fourth-order valence-corrected chi connectivity index (χ4v) is 14.6. The van der Waals surface area contributed by atoms with Gasteiger partial charge in [0, 0.05) is 24.3 Å². The van der Waals surface area contributed by atoms with E-state index in [2.05, 4.69) is 45.0 Å². The highest BCUT2D eigenvalue weighted by molar-refractivity contribution is 5.85. The molecule has 4 saturated carbocycles. The van der Waals surface area contributed by atoms with Crippen molar-refractivity contribution in [1.82, 2.24) is 0 Å². The lowest BCUT2D eigenvalue weighted by Gasteiger charge is -2.76. The molecule has 0 saturated heterocycles. The molecule has 1 unspecified atom stereocenters. The number of hydrogen-bond donors (Lipinski definition) is 3. The van der Waals surface area contributed by atoms with Crippen molar-refractivity contribution in [3.05, 3.63) is 59.7 Å². The second-order valence-corrected chi connectivity index (χ2v) is 20.6. The third-order valence-corrected chi connectivity index (χ3v) is 17.4. The minimum Gasteiger partial charge on any atom is -0.462 e. The second-order valence-electron chi connectivity index (χ2n) is 20.6. The van der Waals surface area contributed by atoms with Crippen molar-refractivity contribution in [2.45, 2.75) is 186 Å². The number of cyclic esters (lactones) is 1. The zero-order valence-corrected chi connectivity index (χ0v) is 35.9. The molecule has 0 aromatic heterocycles. The number of rotatable bonds is 16. The largest absolute Gasteiger partial charge is 0.462 e. The van der Waals surface area contributed by atoms with E-state index in [1.54, 1.807) is 0 Å². The van der Waals surface area contributed by atoms with E-state index in [9.17, 15) is 24.9 Å². The molecule has 2 spiro atoms. The van der Waals surface area contributed by atoms with Crippen LogP contribution in [0, 0.1) is 45.3 Å². The van der Waals surface area contributed by atoms with E-state index >= 15 is 0 Å². The molecule has 2 bridgehead atoms. The predicted octanol–water partition coefficient (Wildman–Crippen LogP) is 9.99. The molecule has 1 aromatic rings. The monoisotopic (exact) mass is 787 g/mol. The molecular formula is C50H74O7. The van der Waals surface area contributed by atoms with Crippen molar-refractivity contribution >= 4 is 11.9 Å². The summed E-state index contributed by atoms with van der Waals surface area (Å²) in [5.41, 5.74) is -3.39. The standard InChI is InChI=1S/C50H74O7/c1-6-7-9-18-39-19-13-24-47(39)26-22-40(32-47)46(5)25-23-42(52)50-44(46)41(57-36(3)51)33-45(4,49(50,55)28-21-38-31-43(53)56-34-38)29-30-48(50,54)27-20-35(2)14-12-17-37-15-10-8-11-16-37/h8,10-11,15-16,29-31,35,39-42,44,52,54-55H,6-7,9,12-14,17-28,32-34H2,1-5H3/t35-,39+,40-,41-,42+,44?,45+,46-,47+,48-,49-,50+/m1/s1. The van der Waals surface area contributed by atoms with Gasteiger partial charge in [-0.3, -0.25) is 4.79 Å². The van der Waals surface area contributed by atoms with E-state index in [-0.39, 0.29) is 25.0 Å². The molecule has 4 fully saturated rings. The summed E-state index contributed by atoms with van der Waals surface area (Å²) in [5, 5.41) is 40.7. The SMILES string of the molecule is CCCCC[C@H]1CCC[C@@]12CC[C@@H]([C@@]1(C)CC[C@H](O)[C@]34C1[C@H](OC(C)=O)C[C@](C)(C=C[C@]3(O)CC[C@H](C)CCCc1ccccc1)[C@]4(O)CCC1=CC(=O)OC1)C2. The van der Waals surface area contributed by atoms with Crippen LogP contribution in [-0.2, 0) is 25.5 Å². The Labute approximate surface area is 343 Å². The average molecular weight is 787 g/mol. The third-order valence-electron chi connectivity index (χ3n) is 17.4. The van der Waals surface area contributed by atoms with Gasteiger partial charge in [0.25, 0.3) is 0 Å². The van der Waals surface area contributed by atoms with Gasteiger partial charge in [-0.1, -0.05) is 102 Å². The zero-order valence-electron chi connectivity index (χ0n) is 35.9. The Hall–Kier alpha value is -2.48.